The van der Waals surface area contributed by atoms with Crippen LogP contribution in [0.3, 0.4) is 0 Å². The molecular formula is C17H32O2. The molecule has 0 unspecified atom stereocenters. The summed E-state index contributed by atoms with van der Waals surface area (Å²) < 4.78 is 6.04. The second-order valence-corrected chi connectivity index (χ2v) is 7.30. The summed E-state index contributed by atoms with van der Waals surface area (Å²) in [4.78, 5) is 12.7. The number of carbonyl (C=O) groups is 1. The summed E-state index contributed by atoms with van der Waals surface area (Å²) in [6, 6.07) is 0. The first-order chi connectivity index (χ1) is 8.76. The lowest BCUT2D eigenvalue weighted by Gasteiger charge is -2.37. The van der Waals surface area contributed by atoms with Crippen molar-refractivity contribution in [2.24, 2.45) is 17.3 Å². The van der Waals surface area contributed by atoms with E-state index in [9.17, 15) is 4.79 Å². The van der Waals surface area contributed by atoms with Crippen molar-refractivity contribution >= 4 is 5.97 Å². The van der Waals surface area contributed by atoms with Crippen molar-refractivity contribution in [2.75, 3.05) is 0 Å². The summed E-state index contributed by atoms with van der Waals surface area (Å²) in [6.45, 7) is 12.9. The minimum absolute atomic E-state index is 0.0277. The zero-order valence-corrected chi connectivity index (χ0v) is 13.7. The third-order valence-corrected chi connectivity index (χ3v) is 5.04. The summed E-state index contributed by atoms with van der Waals surface area (Å²) in [5.74, 6) is 0.860. The predicted molar refractivity (Wildman–Crippen MR) is 80.0 cm³/mol. The van der Waals surface area contributed by atoms with Gasteiger partial charge in [-0.3, -0.25) is 4.79 Å². The van der Waals surface area contributed by atoms with E-state index < -0.39 is 0 Å². The van der Waals surface area contributed by atoms with Crippen LogP contribution in [0.25, 0.3) is 0 Å². The first-order valence-electron chi connectivity index (χ1n) is 7.99. The largest absolute Gasteiger partial charge is 0.459 e. The lowest BCUT2D eigenvalue weighted by molar-refractivity contribution is -0.175. The number of esters is 1. The van der Waals surface area contributed by atoms with E-state index in [1.807, 2.05) is 0 Å². The van der Waals surface area contributed by atoms with Crippen LogP contribution in [0.15, 0.2) is 0 Å². The number of rotatable bonds is 6. The molecule has 0 radical (unpaired) electrons. The Morgan fingerprint density at radius 2 is 1.74 bits per heavy atom. The van der Waals surface area contributed by atoms with Gasteiger partial charge in [0.25, 0.3) is 0 Å². The second-order valence-electron chi connectivity index (χ2n) is 7.30. The molecule has 0 amide bonds. The molecule has 1 fully saturated rings. The fourth-order valence-corrected chi connectivity index (χ4v) is 3.26. The van der Waals surface area contributed by atoms with Crippen LogP contribution in [0.4, 0.5) is 0 Å². The summed E-state index contributed by atoms with van der Waals surface area (Å²) >= 11 is 0. The minimum atomic E-state index is -0.348. The molecule has 1 saturated carbocycles. The van der Waals surface area contributed by atoms with E-state index in [-0.39, 0.29) is 17.0 Å². The van der Waals surface area contributed by atoms with Gasteiger partial charge in [-0.1, -0.05) is 34.6 Å². The van der Waals surface area contributed by atoms with E-state index in [1.54, 1.807) is 0 Å². The highest BCUT2D eigenvalue weighted by molar-refractivity contribution is 5.77. The molecule has 0 aromatic heterocycles. The molecule has 1 aliphatic carbocycles. The van der Waals surface area contributed by atoms with Gasteiger partial charge < -0.3 is 4.74 Å². The van der Waals surface area contributed by atoms with Crippen LogP contribution in [0.2, 0.25) is 0 Å². The first kappa shape index (κ1) is 16.5. The summed E-state index contributed by atoms with van der Waals surface area (Å²) in [5.41, 5.74) is -0.511. The minimum Gasteiger partial charge on any atom is -0.459 e. The van der Waals surface area contributed by atoms with Gasteiger partial charge in [0, 0.05) is 0 Å². The summed E-state index contributed by atoms with van der Waals surface area (Å²) in [7, 11) is 0. The first-order valence-corrected chi connectivity index (χ1v) is 7.99. The number of ether oxygens (including phenoxy) is 1. The highest BCUT2D eigenvalue weighted by atomic mass is 16.6. The van der Waals surface area contributed by atoms with Crippen LogP contribution < -0.4 is 0 Å². The molecule has 0 aromatic carbocycles. The molecule has 1 rings (SSSR count). The van der Waals surface area contributed by atoms with E-state index in [0.717, 1.165) is 25.7 Å². The molecule has 0 heterocycles. The maximum atomic E-state index is 12.7. The topological polar surface area (TPSA) is 26.3 Å². The van der Waals surface area contributed by atoms with Crippen molar-refractivity contribution < 1.29 is 9.53 Å². The monoisotopic (exact) mass is 268 g/mol. The van der Waals surface area contributed by atoms with Crippen LogP contribution in [0, 0.1) is 17.3 Å². The molecule has 112 valence electrons. The zero-order valence-electron chi connectivity index (χ0n) is 13.7. The van der Waals surface area contributed by atoms with Crippen molar-refractivity contribution in [1.82, 2.24) is 0 Å². The molecule has 2 heteroatoms. The van der Waals surface area contributed by atoms with Crippen molar-refractivity contribution in [3.63, 3.8) is 0 Å². The number of hydrogen-bond acceptors (Lipinski definition) is 2. The Bertz CT molecular complexity index is 300. The fraction of sp³-hybridized carbons (Fsp3) is 0.941. The van der Waals surface area contributed by atoms with E-state index in [1.165, 1.54) is 12.8 Å². The van der Waals surface area contributed by atoms with Gasteiger partial charge in [-0.05, 0) is 57.3 Å². The SMILES string of the molecule is CCC1(OC(=O)[C@@](C)(CC(C)C)C(C)C)CCCC1. The second kappa shape index (κ2) is 6.28. The van der Waals surface area contributed by atoms with Gasteiger partial charge in [0.1, 0.15) is 5.60 Å². The van der Waals surface area contributed by atoms with Crippen molar-refractivity contribution in [3.8, 4) is 0 Å². The van der Waals surface area contributed by atoms with E-state index in [0.29, 0.717) is 11.8 Å². The molecular weight excluding hydrogens is 236 g/mol. The summed E-state index contributed by atoms with van der Waals surface area (Å²) in [5, 5.41) is 0. The Morgan fingerprint density at radius 3 is 2.11 bits per heavy atom. The Labute approximate surface area is 119 Å². The van der Waals surface area contributed by atoms with Gasteiger partial charge in [0.05, 0.1) is 5.41 Å². The molecule has 1 aliphatic rings. The smallest absolute Gasteiger partial charge is 0.312 e. The Morgan fingerprint density at radius 1 is 1.21 bits per heavy atom. The Hall–Kier alpha value is -0.530. The number of carbonyl (C=O) groups excluding carboxylic acids is 1. The van der Waals surface area contributed by atoms with Gasteiger partial charge in [-0.25, -0.2) is 0 Å². The quantitative estimate of drug-likeness (QED) is 0.636. The van der Waals surface area contributed by atoms with Crippen LogP contribution >= 0.6 is 0 Å². The highest BCUT2D eigenvalue weighted by Crippen LogP contribution is 2.41. The standard InChI is InChI=1S/C17H32O2/c1-7-17(10-8-9-11-17)19-15(18)16(6,14(4)5)12-13(2)3/h13-14H,7-12H2,1-6H3/t16-/m0/s1. The molecule has 1 atom stereocenters. The van der Waals surface area contributed by atoms with Crippen LogP contribution in [-0.2, 0) is 9.53 Å². The van der Waals surface area contributed by atoms with E-state index in [2.05, 4.69) is 41.5 Å². The van der Waals surface area contributed by atoms with Crippen molar-refractivity contribution in [1.29, 1.82) is 0 Å². The molecule has 19 heavy (non-hydrogen) atoms. The van der Waals surface area contributed by atoms with Gasteiger partial charge >= 0.3 is 5.97 Å². The average Bonchev–Trinajstić information content (AvgIpc) is 2.77. The third kappa shape index (κ3) is 3.73. The molecule has 0 bridgehead atoms. The third-order valence-electron chi connectivity index (χ3n) is 5.04. The number of hydrogen-bond donors (Lipinski definition) is 0. The lowest BCUT2D eigenvalue weighted by Crippen LogP contribution is -2.42. The fourth-order valence-electron chi connectivity index (χ4n) is 3.26. The molecule has 0 spiro atoms. The van der Waals surface area contributed by atoms with Gasteiger partial charge in [0.15, 0.2) is 0 Å². The maximum absolute atomic E-state index is 12.7. The summed E-state index contributed by atoms with van der Waals surface area (Å²) in [6.07, 6.45) is 6.35. The Kier molecular flexibility index (Phi) is 5.46. The zero-order chi connectivity index (χ0) is 14.7. The van der Waals surface area contributed by atoms with Crippen LogP contribution in [0.1, 0.15) is 80.1 Å². The van der Waals surface area contributed by atoms with E-state index in [4.69, 9.17) is 4.74 Å². The Balaban J connectivity index is 2.82. The van der Waals surface area contributed by atoms with E-state index >= 15 is 0 Å². The van der Waals surface area contributed by atoms with Crippen molar-refractivity contribution in [3.05, 3.63) is 0 Å². The van der Waals surface area contributed by atoms with Gasteiger partial charge in [-0.2, -0.15) is 0 Å². The van der Waals surface area contributed by atoms with Gasteiger partial charge in [0.2, 0.25) is 0 Å². The van der Waals surface area contributed by atoms with Gasteiger partial charge in [-0.15, -0.1) is 0 Å². The molecule has 0 N–H and O–H groups in total. The van der Waals surface area contributed by atoms with Crippen molar-refractivity contribution in [2.45, 2.75) is 85.7 Å². The predicted octanol–water partition coefficient (Wildman–Crippen LogP) is 4.96. The molecule has 0 aliphatic heterocycles. The molecule has 2 nitrogen and oxygen atoms in total. The lowest BCUT2D eigenvalue weighted by atomic mass is 9.73. The van der Waals surface area contributed by atoms with Crippen LogP contribution in [-0.4, -0.2) is 11.6 Å². The average molecular weight is 268 g/mol. The molecule has 0 saturated heterocycles. The molecule has 0 aromatic rings. The normalized spacial score (nSPS) is 21.7. The highest BCUT2D eigenvalue weighted by Gasteiger charge is 2.44. The maximum Gasteiger partial charge on any atom is 0.312 e. The van der Waals surface area contributed by atoms with Crippen LogP contribution in [0.5, 0.6) is 0 Å².